The van der Waals surface area contributed by atoms with Crippen LogP contribution >= 0.6 is 0 Å². The molecule has 5 heteroatoms. The lowest BCUT2D eigenvalue weighted by Gasteiger charge is -2.19. The summed E-state index contributed by atoms with van der Waals surface area (Å²) in [6, 6.07) is 20.6. The third-order valence-electron chi connectivity index (χ3n) is 4.69. The second-order valence-electron chi connectivity index (χ2n) is 6.59. The third kappa shape index (κ3) is 3.77. The van der Waals surface area contributed by atoms with Crippen molar-refractivity contribution in [3.8, 4) is 0 Å². The standard InChI is InChI=1S/C22H23N5/c1-16-25-21(14-22(26-16)27(2)18-8-4-3-5-9-18)23-13-12-17-15-24-20-11-7-6-10-19(17)20/h3-11,14-15,24H,12-13H2,1-2H3,(H,23,25,26). The molecule has 0 bridgehead atoms. The summed E-state index contributed by atoms with van der Waals surface area (Å²) < 4.78 is 0. The number of nitrogens with one attached hydrogen (secondary N) is 2. The molecule has 0 radical (unpaired) electrons. The highest BCUT2D eigenvalue weighted by atomic mass is 15.2. The summed E-state index contributed by atoms with van der Waals surface area (Å²) in [5.41, 5.74) is 3.59. The number of aromatic amines is 1. The molecule has 0 aliphatic heterocycles. The average molecular weight is 357 g/mol. The fraction of sp³-hybridized carbons (Fsp3) is 0.182. The predicted molar refractivity (Wildman–Crippen MR) is 112 cm³/mol. The molecule has 4 aromatic rings. The van der Waals surface area contributed by atoms with Crippen molar-refractivity contribution < 1.29 is 0 Å². The SMILES string of the molecule is Cc1nc(NCCc2c[nH]c3ccccc23)cc(N(C)c2ccccc2)n1. The molecule has 0 saturated heterocycles. The minimum absolute atomic E-state index is 0.755. The van der Waals surface area contributed by atoms with Crippen LogP contribution in [0, 0.1) is 6.92 Å². The summed E-state index contributed by atoms with van der Waals surface area (Å²) in [7, 11) is 2.02. The zero-order chi connectivity index (χ0) is 18.6. The van der Waals surface area contributed by atoms with Crippen LogP contribution in [0.3, 0.4) is 0 Å². The van der Waals surface area contributed by atoms with Gasteiger partial charge in [0.05, 0.1) is 0 Å². The third-order valence-corrected chi connectivity index (χ3v) is 4.69. The monoisotopic (exact) mass is 357 g/mol. The number of anilines is 3. The topological polar surface area (TPSA) is 56.8 Å². The van der Waals surface area contributed by atoms with Crippen LogP contribution in [-0.4, -0.2) is 28.5 Å². The number of fused-ring (bicyclic) bond motifs is 1. The Hall–Kier alpha value is -3.34. The molecule has 2 aromatic heterocycles. The van der Waals surface area contributed by atoms with Crippen LogP contribution in [0.1, 0.15) is 11.4 Å². The number of H-pyrrole nitrogens is 1. The molecular formula is C22H23N5. The van der Waals surface area contributed by atoms with E-state index in [0.717, 1.165) is 36.1 Å². The van der Waals surface area contributed by atoms with Crippen molar-refractivity contribution in [1.29, 1.82) is 0 Å². The van der Waals surface area contributed by atoms with Crippen molar-refractivity contribution >= 4 is 28.2 Å². The summed E-state index contributed by atoms with van der Waals surface area (Å²) in [5, 5.41) is 4.72. The Morgan fingerprint density at radius 2 is 1.78 bits per heavy atom. The number of rotatable bonds is 6. The van der Waals surface area contributed by atoms with E-state index in [4.69, 9.17) is 0 Å². The molecule has 5 nitrogen and oxygen atoms in total. The number of benzene rings is 2. The molecule has 2 heterocycles. The van der Waals surface area contributed by atoms with E-state index in [0.29, 0.717) is 0 Å². The Morgan fingerprint density at radius 1 is 1.00 bits per heavy atom. The first-order valence-electron chi connectivity index (χ1n) is 9.14. The maximum atomic E-state index is 4.58. The maximum Gasteiger partial charge on any atom is 0.138 e. The molecule has 4 rings (SSSR count). The summed E-state index contributed by atoms with van der Waals surface area (Å²) in [5.74, 6) is 2.48. The molecule has 0 aliphatic carbocycles. The quantitative estimate of drug-likeness (QED) is 0.526. The zero-order valence-corrected chi connectivity index (χ0v) is 15.6. The van der Waals surface area contributed by atoms with E-state index in [-0.39, 0.29) is 0 Å². The van der Waals surface area contributed by atoms with Crippen molar-refractivity contribution in [2.75, 3.05) is 23.8 Å². The fourth-order valence-corrected chi connectivity index (χ4v) is 3.26. The van der Waals surface area contributed by atoms with Crippen LogP contribution in [0.4, 0.5) is 17.3 Å². The Balaban J connectivity index is 1.47. The molecule has 27 heavy (non-hydrogen) atoms. The number of hydrogen-bond acceptors (Lipinski definition) is 4. The van der Waals surface area contributed by atoms with Gasteiger partial charge in [0, 0.05) is 42.4 Å². The number of nitrogens with zero attached hydrogens (tertiary/aromatic N) is 3. The van der Waals surface area contributed by atoms with Crippen LogP contribution in [0.25, 0.3) is 10.9 Å². The van der Waals surface area contributed by atoms with Crippen LogP contribution < -0.4 is 10.2 Å². The van der Waals surface area contributed by atoms with E-state index in [1.165, 1.54) is 16.5 Å². The first-order chi connectivity index (χ1) is 13.2. The van der Waals surface area contributed by atoms with Gasteiger partial charge in [0.2, 0.25) is 0 Å². The van der Waals surface area contributed by atoms with Crippen LogP contribution in [0.5, 0.6) is 0 Å². The second kappa shape index (κ2) is 7.50. The molecule has 0 fully saturated rings. The fourth-order valence-electron chi connectivity index (χ4n) is 3.26. The van der Waals surface area contributed by atoms with E-state index in [1.54, 1.807) is 0 Å². The first kappa shape index (κ1) is 17.1. The van der Waals surface area contributed by atoms with Gasteiger partial charge in [-0.05, 0) is 37.1 Å². The molecule has 0 atom stereocenters. The minimum atomic E-state index is 0.755. The molecule has 2 aromatic carbocycles. The van der Waals surface area contributed by atoms with Gasteiger partial charge in [-0.3, -0.25) is 0 Å². The van der Waals surface area contributed by atoms with Gasteiger partial charge in [0.1, 0.15) is 17.5 Å². The zero-order valence-electron chi connectivity index (χ0n) is 15.6. The molecule has 0 amide bonds. The number of aryl methyl sites for hydroxylation is 1. The molecule has 0 spiro atoms. The van der Waals surface area contributed by atoms with Crippen molar-refractivity contribution in [3.05, 3.63) is 78.2 Å². The Morgan fingerprint density at radius 3 is 2.63 bits per heavy atom. The average Bonchev–Trinajstić information content (AvgIpc) is 3.11. The summed E-state index contributed by atoms with van der Waals surface area (Å²) >= 11 is 0. The van der Waals surface area contributed by atoms with E-state index in [2.05, 4.69) is 67.8 Å². The molecular weight excluding hydrogens is 334 g/mol. The van der Waals surface area contributed by atoms with Crippen molar-refractivity contribution in [3.63, 3.8) is 0 Å². The van der Waals surface area contributed by atoms with Gasteiger partial charge in [0.25, 0.3) is 0 Å². The van der Waals surface area contributed by atoms with Gasteiger partial charge >= 0.3 is 0 Å². The normalized spacial score (nSPS) is 10.9. The molecule has 2 N–H and O–H groups in total. The van der Waals surface area contributed by atoms with E-state index < -0.39 is 0 Å². The van der Waals surface area contributed by atoms with Crippen LogP contribution in [-0.2, 0) is 6.42 Å². The molecule has 0 aliphatic rings. The number of para-hydroxylation sites is 2. The highest BCUT2D eigenvalue weighted by Gasteiger charge is 2.09. The second-order valence-corrected chi connectivity index (χ2v) is 6.59. The van der Waals surface area contributed by atoms with Crippen molar-refractivity contribution in [2.45, 2.75) is 13.3 Å². The van der Waals surface area contributed by atoms with Gasteiger partial charge in [-0.1, -0.05) is 36.4 Å². The summed E-state index contributed by atoms with van der Waals surface area (Å²) in [6.07, 6.45) is 3.02. The van der Waals surface area contributed by atoms with E-state index in [1.807, 2.05) is 38.2 Å². The lowest BCUT2D eigenvalue weighted by Crippen LogP contribution is -2.14. The van der Waals surface area contributed by atoms with E-state index >= 15 is 0 Å². The smallest absolute Gasteiger partial charge is 0.138 e. The predicted octanol–water partition coefficient (Wildman–Crippen LogP) is 4.69. The maximum absolute atomic E-state index is 4.58. The number of hydrogen-bond donors (Lipinski definition) is 2. The Bertz CT molecular complexity index is 1040. The van der Waals surface area contributed by atoms with Gasteiger partial charge in [-0.15, -0.1) is 0 Å². The summed E-state index contributed by atoms with van der Waals surface area (Å²) in [6.45, 7) is 2.74. The van der Waals surface area contributed by atoms with E-state index in [9.17, 15) is 0 Å². The van der Waals surface area contributed by atoms with Gasteiger partial charge < -0.3 is 15.2 Å². The highest BCUT2D eigenvalue weighted by Crippen LogP contribution is 2.23. The first-order valence-corrected chi connectivity index (χ1v) is 9.14. The Labute approximate surface area is 159 Å². The van der Waals surface area contributed by atoms with Crippen molar-refractivity contribution in [2.24, 2.45) is 0 Å². The lowest BCUT2D eigenvalue weighted by atomic mass is 10.1. The summed E-state index contributed by atoms with van der Waals surface area (Å²) in [4.78, 5) is 14.5. The van der Waals surface area contributed by atoms with Crippen LogP contribution in [0.2, 0.25) is 0 Å². The molecule has 136 valence electrons. The van der Waals surface area contributed by atoms with Gasteiger partial charge in [-0.2, -0.15) is 0 Å². The van der Waals surface area contributed by atoms with Gasteiger partial charge in [0.15, 0.2) is 0 Å². The van der Waals surface area contributed by atoms with Crippen LogP contribution in [0.15, 0.2) is 66.9 Å². The molecule has 0 unspecified atom stereocenters. The Kier molecular flexibility index (Phi) is 4.75. The largest absolute Gasteiger partial charge is 0.370 e. The minimum Gasteiger partial charge on any atom is -0.370 e. The highest BCUT2D eigenvalue weighted by molar-refractivity contribution is 5.83. The molecule has 0 saturated carbocycles. The lowest BCUT2D eigenvalue weighted by molar-refractivity contribution is 0.973. The van der Waals surface area contributed by atoms with Crippen molar-refractivity contribution in [1.82, 2.24) is 15.0 Å². The van der Waals surface area contributed by atoms with Gasteiger partial charge in [-0.25, -0.2) is 9.97 Å². The number of aromatic nitrogens is 3.